The van der Waals surface area contributed by atoms with Crippen molar-refractivity contribution < 1.29 is 14.3 Å². The lowest BCUT2D eigenvalue weighted by Gasteiger charge is -2.16. The third kappa shape index (κ3) is 3.63. The second-order valence-corrected chi connectivity index (χ2v) is 3.89. The first-order valence-electron chi connectivity index (χ1n) is 5.86. The SMILES string of the molecule is CCN(C)C(=O)COc1cc(CN)ccc1OC. The maximum Gasteiger partial charge on any atom is 0.260 e. The van der Waals surface area contributed by atoms with Gasteiger partial charge in [0.05, 0.1) is 7.11 Å². The van der Waals surface area contributed by atoms with Crippen molar-refractivity contribution in [2.75, 3.05) is 27.3 Å². The highest BCUT2D eigenvalue weighted by molar-refractivity contribution is 5.77. The number of rotatable bonds is 6. The van der Waals surface area contributed by atoms with Gasteiger partial charge in [0, 0.05) is 20.1 Å². The molecule has 0 spiro atoms. The van der Waals surface area contributed by atoms with Crippen LogP contribution in [-0.4, -0.2) is 38.1 Å². The largest absolute Gasteiger partial charge is 0.493 e. The van der Waals surface area contributed by atoms with E-state index in [-0.39, 0.29) is 12.5 Å². The zero-order valence-corrected chi connectivity index (χ0v) is 11.1. The van der Waals surface area contributed by atoms with Crippen molar-refractivity contribution >= 4 is 5.91 Å². The van der Waals surface area contributed by atoms with Crippen LogP contribution in [0.25, 0.3) is 0 Å². The predicted octanol–water partition coefficient (Wildman–Crippen LogP) is 1.01. The summed E-state index contributed by atoms with van der Waals surface area (Å²) in [7, 11) is 3.30. The molecule has 0 bridgehead atoms. The molecule has 1 aromatic rings. The third-order valence-corrected chi connectivity index (χ3v) is 2.71. The van der Waals surface area contributed by atoms with Gasteiger partial charge in [-0.15, -0.1) is 0 Å². The van der Waals surface area contributed by atoms with E-state index in [0.717, 1.165) is 5.56 Å². The lowest BCUT2D eigenvalue weighted by molar-refractivity contribution is -0.131. The number of nitrogens with two attached hydrogens (primary N) is 1. The van der Waals surface area contributed by atoms with Crippen LogP contribution in [-0.2, 0) is 11.3 Å². The molecule has 0 atom stereocenters. The fraction of sp³-hybridized carbons (Fsp3) is 0.462. The zero-order valence-electron chi connectivity index (χ0n) is 11.1. The van der Waals surface area contributed by atoms with Gasteiger partial charge >= 0.3 is 0 Å². The highest BCUT2D eigenvalue weighted by Gasteiger charge is 2.10. The summed E-state index contributed by atoms with van der Waals surface area (Å²) in [5.74, 6) is 1.06. The number of hydrogen-bond acceptors (Lipinski definition) is 4. The van der Waals surface area contributed by atoms with E-state index in [1.807, 2.05) is 13.0 Å². The maximum absolute atomic E-state index is 11.6. The number of methoxy groups -OCH3 is 1. The van der Waals surface area contributed by atoms with Crippen molar-refractivity contribution in [2.24, 2.45) is 5.73 Å². The van der Waals surface area contributed by atoms with Crippen LogP contribution in [0.15, 0.2) is 18.2 Å². The van der Waals surface area contributed by atoms with Gasteiger partial charge in [-0.3, -0.25) is 4.79 Å². The molecule has 0 saturated heterocycles. The Bertz CT molecular complexity index is 407. The van der Waals surface area contributed by atoms with E-state index in [9.17, 15) is 4.79 Å². The minimum absolute atomic E-state index is 0.00523. The summed E-state index contributed by atoms with van der Waals surface area (Å²) in [4.78, 5) is 13.2. The van der Waals surface area contributed by atoms with Crippen molar-refractivity contribution in [3.05, 3.63) is 23.8 Å². The first-order valence-corrected chi connectivity index (χ1v) is 5.86. The second-order valence-electron chi connectivity index (χ2n) is 3.89. The molecule has 1 amide bonds. The minimum Gasteiger partial charge on any atom is -0.493 e. The van der Waals surface area contributed by atoms with Gasteiger partial charge < -0.3 is 20.1 Å². The molecule has 5 nitrogen and oxygen atoms in total. The first-order chi connectivity index (χ1) is 8.62. The molecule has 2 N–H and O–H groups in total. The van der Waals surface area contributed by atoms with Gasteiger partial charge in [-0.2, -0.15) is 0 Å². The Morgan fingerprint density at radius 3 is 2.67 bits per heavy atom. The Kier molecular flexibility index (Phi) is 5.45. The molecule has 5 heteroatoms. The third-order valence-electron chi connectivity index (χ3n) is 2.71. The summed E-state index contributed by atoms with van der Waals surface area (Å²) < 4.78 is 10.7. The molecule has 1 aromatic carbocycles. The molecule has 0 radical (unpaired) electrons. The fourth-order valence-electron chi connectivity index (χ4n) is 1.39. The van der Waals surface area contributed by atoms with Gasteiger partial charge in [0.25, 0.3) is 5.91 Å². The molecule has 100 valence electrons. The molecule has 0 fully saturated rings. The lowest BCUT2D eigenvalue weighted by Crippen LogP contribution is -2.31. The number of likely N-dealkylation sites (N-methyl/N-ethyl adjacent to an activating group) is 1. The van der Waals surface area contributed by atoms with Gasteiger partial charge in [0.2, 0.25) is 0 Å². The Morgan fingerprint density at radius 2 is 2.11 bits per heavy atom. The molecule has 0 aliphatic rings. The molecule has 0 aliphatic heterocycles. The summed E-state index contributed by atoms with van der Waals surface area (Å²) in [6.45, 7) is 2.98. The Balaban J connectivity index is 2.73. The minimum atomic E-state index is -0.0716. The van der Waals surface area contributed by atoms with Crippen LogP contribution in [0.3, 0.4) is 0 Å². The highest BCUT2D eigenvalue weighted by atomic mass is 16.5. The molecule has 0 aliphatic carbocycles. The Labute approximate surface area is 107 Å². The summed E-state index contributed by atoms with van der Waals surface area (Å²) in [5, 5.41) is 0. The van der Waals surface area contributed by atoms with Crippen molar-refractivity contribution in [3.63, 3.8) is 0 Å². The molecular formula is C13H20N2O3. The quantitative estimate of drug-likeness (QED) is 0.820. The van der Waals surface area contributed by atoms with E-state index < -0.39 is 0 Å². The standard InChI is InChI=1S/C13H20N2O3/c1-4-15(2)13(16)9-18-12-7-10(8-14)5-6-11(12)17-3/h5-7H,4,8-9,14H2,1-3H3. The second kappa shape index (κ2) is 6.86. The number of carbonyl (C=O) groups is 1. The van der Waals surface area contributed by atoms with Crippen LogP contribution in [0.5, 0.6) is 11.5 Å². The van der Waals surface area contributed by atoms with Gasteiger partial charge in [-0.1, -0.05) is 6.07 Å². The molecule has 0 saturated carbocycles. The van der Waals surface area contributed by atoms with E-state index in [4.69, 9.17) is 15.2 Å². The molecule has 0 unspecified atom stereocenters. The van der Waals surface area contributed by atoms with Gasteiger partial charge in [0.15, 0.2) is 18.1 Å². The topological polar surface area (TPSA) is 64.8 Å². The van der Waals surface area contributed by atoms with E-state index in [1.165, 1.54) is 0 Å². The summed E-state index contributed by atoms with van der Waals surface area (Å²) in [6, 6.07) is 5.44. The average Bonchev–Trinajstić information content (AvgIpc) is 2.43. The Morgan fingerprint density at radius 1 is 1.39 bits per heavy atom. The number of hydrogen-bond donors (Lipinski definition) is 1. The molecule has 1 rings (SSSR count). The number of carbonyl (C=O) groups excluding carboxylic acids is 1. The number of ether oxygens (including phenoxy) is 2. The van der Waals surface area contributed by atoms with Crippen molar-refractivity contribution in [1.29, 1.82) is 0 Å². The summed E-state index contributed by atoms with van der Waals surface area (Å²) in [6.07, 6.45) is 0. The van der Waals surface area contributed by atoms with Crippen LogP contribution in [0, 0.1) is 0 Å². The summed E-state index contributed by atoms with van der Waals surface area (Å²) in [5.41, 5.74) is 6.50. The van der Waals surface area contributed by atoms with Crippen molar-refractivity contribution in [2.45, 2.75) is 13.5 Å². The van der Waals surface area contributed by atoms with Crippen molar-refractivity contribution in [3.8, 4) is 11.5 Å². The first kappa shape index (κ1) is 14.3. The Hall–Kier alpha value is -1.75. The van der Waals surface area contributed by atoms with Crippen LogP contribution in [0.1, 0.15) is 12.5 Å². The molecule has 0 aromatic heterocycles. The molecule has 0 heterocycles. The van der Waals surface area contributed by atoms with Crippen molar-refractivity contribution in [1.82, 2.24) is 4.90 Å². The van der Waals surface area contributed by atoms with Crippen LogP contribution in [0.2, 0.25) is 0 Å². The van der Waals surface area contributed by atoms with Gasteiger partial charge in [-0.25, -0.2) is 0 Å². The van der Waals surface area contributed by atoms with Gasteiger partial charge in [-0.05, 0) is 24.6 Å². The number of benzene rings is 1. The number of nitrogens with zero attached hydrogens (tertiary/aromatic N) is 1. The van der Waals surface area contributed by atoms with Crippen LogP contribution < -0.4 is 15.2 Å². The molecular weight excluding hydrogens is 232 g/mol. The van der Waals surface area contributed by atoms with Crippen LogP contribution in [0.4, 0.5) is 0 Å². The fourth-order valence-corrected chi connectivity index (χ4v) is 1.39. The zero-order chi connectivity index (χ0) is 13.5. The number of amides is 1. The smallest absolute Gasteiger partial charge is 0.260 e. The van der Waals surface area contributed by atoms with E-state index in [1.54, 1.807) is 31.2 Å². The maximum atomic E-state index is 11.6. The summed E-state index contributed by atoms with van der Waals surface area (Å²) >= 11 is 0. The lowest BCUT2D eigenvalue weighted by atomic mass is 10.2. The van der Waals surface area contributed by atoms with E-state index in [0.29, 0.717) is 24.6 Å². The highest BCUT2D eigenvalue weighted by Crippen LogP contribution is 2.27. The van der Waals surface area contributed by atoms with Gasteiger partial charge in [0.1, 0.15) is 0 Å². The predicted molar refractivity (Wildman–Crippen MR) is 69.7 cm³/mol. The van der Waals surface area contributed by atoms with E-state index >= 15 is 0 Å². The monoisotopic (exact) mass is 252 g/mol. The van der Waals surface area contributed by atoms with E-state index in [2.05, 4.69) is 0 Å². The molecule has 18 heavy (non-hydrogen) atoms. The normalized spacial score (nSPS) is 10.0. The van der Waals surface area contributed by atoms with Crippen LogP contribution >= 0.6 is 0 Å². The average molecular weight is 252 g/mol.